The standard InChI is InChI=1S/C43H51ClN10O7/c1-26-20-30(7-8-31(26)40(59)54(25-55)34-10-11-36(56)48-39(34)58)51-14-12-28(13-15-51)43(2,3)53-18-16-52(17-19-53)42-46-23-32(44)38(49-42)47-29-6-9-33-27(21-29)22-35(41(60)50(33)5)61-24-37(57)45-4/h6-9,20-23,25,28,34H,10-19,24H2,1-5H3,(H,45,57)(H,46,47,49)(H,48,56,58). The molecule has 61 heavy (non-hydrogen) atoms. The highest BCUT2D eigenvalue weighted by molar-refractivity contribution is 6.33. The third-order valence-corrected chi connectivity index (χ3v) is 12.7. The Balaban J connectivity index is 0.944. The van der Waals surface area contributed by atoms with Gasteiger partial charge in [-0.05, 0) is 94.0 Å². The van der Waals surface area contributed by atoms with E-state index in [1.807, 2.05) is 37.3 Å². The molecule has 2 aromatic heterocycles. The Morgan fingerprint density at radius 2 is 1.74 bits per heavy atom. The summed E-state index contributed by atoms with van der Waals surface area (Å²) in [6, 6.07) is 11.7. The molecule has 1 atom stereocenters. The van der Waals surface area contributed by atoms with Crippen molar-refractivity contribution < 1.29 is 28.7 Å². The Hall–Kier alpha value is -6.07. The average Bonchev–Trinajstić information content (AvgIpc) is 3.26. The van der Waals surface area contributed by atoms with E-state index in [9.17, 15) is 28.8 Å². The number of aryl methyl sites for hydroxylation is 2. The number of carbonyl (C=O) groups excluding carboxylic acids is 5. The number of benzene rings is 2. The van der Waals surface area contributed by atoms with Crippen molar-refractivity contribution in [1.29, 1.82) is 0 Å². The van der Waals surface area contributed by atoms with Crippen molar-refractivity contribution in [2.45, 2.75) is 58.0 Å². The summed E-state index contributed by atoms with van der Waals surface area (Å²) in [4.78, 5) is 91.2. The number of nitrogens with zero attached hydrogens (tertiary/aromatic N) is 7. The Morgan fingerprint density at radius 3 is 2.41 bits per heavy atom. The van der Waals surface area contributed by atoms with Crippen LogP contribution in [-0.4, -0.2) is 119 Å². The van der Waals surface area contributed by atoms with Gasteiger partial charge in [-0.25, -0.2) is 4.98 Å². The maximum Gasteiger partial charge on any atom is 0.293 e. The fourth-order valence-electron chi connectivity index (χ4n) is 8.60. The van der Waals surface area contributed by atoms with Crippen LogP contribution in [0, 0.1) is 12.8 Å². The summed E-state index contributed by atoms with van der Waals surface area (Å²) in [5, 5.41) is 9.09. The summed E-state index contributed by atoms with van der Waals surface area (Å²) in [6.45, 7) is 11.1. The van der Waals surface area contributed by atoms with Crippen LogP contribution in [0.15, 0.2) is 53.5 Å². The number of anilines is 4. The van der Waals surface area contributed by atoms with E-state index in [0.29, 0.717) is 51.4 Å². The van der Waals surface area contributed by atoms with E-state index in [0.717, 1.165) is 68.1 Å². The minimum Gasteiger partial charge on any atom is -0.478 e. The third-order valence-electron chi connectivity index (χ3n) is 12.4. The predicted molar refractivity (Wildman–Crippen MR) is 231 cm³/mol. The number of piperidine rings is 2. The van der Waals surface area contributed by atoms with Crippen LogP contribution in [-0.2, 0) is 26.2 Å². The van der Waals surface area contributed by atoms with Crippen molar-refractivity contribution in [2.75, 3.05) is 68.0 Å². The number of imide groups is 2. The van der Waals surface area contributed by atoms with Crippen LogP contribution in [0.4, 0.5) is 23.1 Å². The molecule has 3 fully saturated rings. The molecule has 0 saturated carbocycles. The van der Waals surface area contributed by atoms with Gasteiger partial charge in [0, 0.05) is 87.6 Å². The summed E-state index contributed by atoms with van der Waals surface area (Å²) < 4.78 is 6.99. The monoisotopic (exact) mass is 854 g/mol. The minimum atomic E-state index is -1.02. The molecule has 0 radical (unpaired) electrons. The number of nitrogens with one attached hydrogen (secondary N) is 3. The maximum atomic E-state index is 13.4. The van der Waals surface area contributed by atoms with E-state index in [1.54, 1.807) is 25.4 Å². The van der Waals surface area contributed by atoms with Crippen LogP contribution in [0.5, 0.6) is 5.75 Å². The van der Waals surface area contributed by atoms with E-state index in [-0.39, 0.29) is 42.2 Å². The third kappa shape index (κ3) is 9.03. The highest BCUT2D eigenvalue weighted by Gasteiger charge is 2.39. The largest absolute Gasteiger partial charge is 0.478 e. The van der Waals surface area contributed by atoms with E-state index >= 15 is 0 Å². The van der Waals surface area contributed by atoms with E-state index in [4.69, 9.17) is 21.3 Å². The van der Waals surface area contributed by atoms with E-state index < -0.39 is 23.8 Å². The number of aromatic nitrogens is 3. The second-order valence-corrected chi connectivity index (χ2v) is 16.7. The number of likely N-dealkylation sites (N-methyl/N-ethyl adjacent to an activating group) is 1. The molecule has 0 aliphatic carbocycles. The number of hydrogen-bond acceptors (Lipinski definition) is 13. The number of ether oxygens (including phenoxy) is 1. The highest BCUT2D eigenvalue weighted by Crippen LogP contribution is 2.36. The van der Waals surface area contributed by atoms with Crippen LogP contribution in [0.2, 0.25) is 5.02 Å². The van der Waals surface area contributed by atoms with Crippen molar-refractivity contribution >= 4 is 75.7 Å². The van der Waals surface area contributed by atoms with Crippen LogP contribution >= 0.6 is 11.6 Å². The fraction of sp³-hybridized carbons (Fsp3) is 0.442. The lowest BCUT2D eigenvalue weighted by molar-refractivity contribution is -0.139. The van der Waals surface area contributed by atoms with Gasteiger partial charge < -0.3 is 29.7 Å². The lowest BCUT2D eigenvalue weighted by Gasteiger charge is -2.50. The number of hydrogen-bond donors (Lipinski definition) is 3. The number of fused-ring (bicyclic) bond motifs is 1. The quantitative estimate of drug-likeness (QED) is 0.139. The number of amides is 5. The molecule has 4 aromatic rings. The van der Waals surface area contributed by atoms with Gasteiger partial charge in [-0.3, -0.25) is 43.9 Å². The molecule has 0 bridgehead atoms. The van der Waals surface area contributed by atoms with Crippen LogP contribution < -0.4 is 36.0 Å². The molecule has 3 aliphatic rings. The zero-order valence-electron chi connectivity index (χ0n) is 35.0. The van der Waals surface area contributed by atoms with Crippen molar-refractivity contribution in [3.05, 3.63) is 75.2 Å². The molecule has 17 nitrogen and oxygen atoms in total. The Labute approximate surface area is 358 Å². The topological polar surface area (TPSA) is 191 Å². The smallest absolute Gasteiger partial charge is 0.293 e. The van der Waals surface area contributed by atoms with Gasteiger partial charge in [-0.15, -0.1) is 0 Å². The summed E-state index contributed by atoms with van der Waals surface area (Å²) >= 11 is 6.59. The lowest BCUT2D eigenvalue weighted by atomic mass is 9.78. The Kier molecular flexibility index (Phi) is 12.6. The average molecular weight is 855 g/mol. The number of pyridine rings is 1. The van der Waals surface area contributed by atoms with Gasteiger partial charge >= 0.3 is 0 Å². The molecule has 1 unspecified atom stereocenters. The van der Waals surface area contributed by atoms with Gasteiger partial charge in [0.2, 0.25) is 24.2 Å². The molecule has 7 rings (SSSR count). The molecule has 5 amide bonds. The zero-order valence-corrected chi connectivity index (χ0v) is 35.8. The SMILES string of the molecule is CNC(=O)COc1cc2cc(Nc3nc(N4CCN(C(C)(C)C5CCN(c6ccc(C(=O)N(C=O)C7CCC(=O)NC7=O)c(C)c6)CC5)CC4)ncc3Cl)ccc2n(C)c1=O. The molecule has 3 N–H and O–H groups in total. The van der Waals surface area contributed by atoms with Gasteiger partial charge in [-0.1, -0.05) is 11.6 Å². The van der Waals surface area contributed by atoms with Gasteiger partial charge in [0.05, 0.1) is 11.7 Å². The van der Waals surface area contributed by atoms with Crippen LogP contribution in [0.1, 0.15) is 55.5 Å². The van der Waals surface area contributed by atoms with Crippen molar-refractivity contribution in [3.8, 4) is 5.75 Å². The van der Waals surface area contributed by atoms with E-state index in [1.165, 1.54) is 11.6 Å². The van der Waals surface area contributed by atoms with Crippen LogP contribution in [0.3, 0.4) is 0 Å². The fourth-order valence-corrected chi connectivity index (χ4v) is 8.74. The molecule has 322 valence electrons. The summed E-state index contributed by atoms with van der Waals surface area (Å²) in [5.74, 6) is -0.409. The van der Waals surface area contributed by atoms with Crippen molar-refractivity contribution in [1.82, 2.24) is 35.0 Å². The van der Waals surface area contributed by atoms with Crippen molar-refractivity contribution in [3.63, 3.8) is 0 Å². The molecule has 18 heteroatoms. The first-order valence-corrected chi connectivity index (χ1v) is 20.8. The van der Waals surface area contributed by atoms with Crippen LogP contribution in [0.25, 0.3) is 10.9 Å². The highest BCUT2D eigenvalue weighted by atomic mass is 35.5. The first-order chi connectivity index (χ1) is 29.2. The number of halogens is 1. The molecular formula is C43H51ClN10O7. The molecule has 2 aromatic carbocycles. The number of piperazine rings is 1. The maximum absolute atomic E-state index is 13.4. The van der Waals surface area contributed by atoms with Gasteiger partial charge in [0.25, 0.3) is 17.4 Å². The van der Waals surface area contributed by atoms with Crippen molar-refractivity contribution in [2.24, 2.45) is 13.0 Å². The number of rotatable bonds is 12. The zero-order chi connectivity index (χ0) is 43.6. The minimum absolute atomic E-state index is 0.0564. The second-order valence-electron chi connectivity index (χ2n) is 16.3. The van der Waals surface area contributed by atoms with E-state index in [2.05, 4.69) is 49.5 Å². The summed E-state index contributed by atoms with van der Waals surface area (Å²) in [7, 11) is 3.15. The molecule has 0 spiro atoms. The second kappa shape index (κ2) is 17.9. The molecule has 3 aliphatic heterocycles. The Bertz CT molecular complexity index is 2420. The normalized spacial score (nSPS) is 17.8. The van der Waals surface area contributed by atoms with Gasteiger partial charge in [-0.2, -0.15) is 4.98 Å². The first-order valence-electron chi connectivity index (χ1n) is 20.4. The van der Waals surface area contributed by atoms with Gasteiger partial charge in [0.15, 0.2) is 18.2 Å². The number of carbonyl (C=O) groups is 5. The van der Waals surface area contributed by atoms with Gasteiger partial charge in [0.1, 0.15) is 11.1 Å². The molecule has 5 heterocycles. The predicted octanol–water partition coefficient (Wildman–Crippen LogP) is 3.38. The first kappa shape index (κ1) is 43.0. The summed E-state index contributed by atoms with van der Waals surface area (Å²) in [5.41, 5.74) is 3.04. The molecular weight excluding hydrogens is 804 g/mol. The summed E-state index contributed by atoms with van der Waals surface area (Å²) in [6.07, 6.45) is 4.12. The molecule has 3 saturated heterocycles. The lowest BCUT2D eigenvalue weighted by Crippen LogP contribution is -2.59. The Morgan fingerprint density at radius 1 is 1.00 bits per heavy atom.